The molecule has 4 rings (SSSR count). The van der Waals surface area contributed by atoms with Crippen LogP contribution >= 0.6 is 11.6 Å². The summed E-state index contributed by atoms with van der Waals surface area (Å²) in [7, 11) is 0. The van der Waals surface area contributed by atoms with E-state index in [9.17, 15) is 24.3 Å². The van der Waals surface area contributed by atoms with Crippen LogP contribution in [0.15, 0.2) is 83.5 Å². The molecule has 3 amide bonds. The van der Waals surface area contributed by atoms with Crippen molar-refractivity contribution in [1.29, 1.82) is 0 Å². The molecule has 9 nitrogen and oxygen atoms in total. The molecule has 194 valence electrons. The third-order valence-corrected chi connectivity index (χ3v) is 6.04. The molecule has 1 aliphatic heterocycles. The maximum atomic E-state index is 13.1. The summed E-state index contributed by atoms with van der Waals surface area (Å²) in [6.45, 7) is 2.31. The van der Waals surface area contributed by atoms with Crippen LogP contribution in [0.2, 0.25) is 0 Å². The van der Waals surface area contributed by atoms with E-state index < -0.39 is 23.7 Å². The van der Waals surface area contributed by atoms with Crippen molar-refractivity contribution in [2.24, 2.45) is 0 Å². The molecule has 38 heavy (non-hydrogen) atoms. The van der Waals surface area contributed by atoms with E-state index in [0.717, 1.165) is 17.7 Å². The van der Waals surface area contributed by atoms with Gasteiger partial charge in [0.25, 0.3) is 17.7 Å². The molecule has 0 fully saturated rings. The highest BCUT2D eigenvalue weighted by atomic mass is 35.5. The van der Waals surface area contributed by atoms with Gasteiger partial charge in [0.05, 0.1) is 23.5 Å². The van der Waals surface area contributed by atoms with Crippen molar-refractivity contribution >= 4 is 52.4 Å². The van der Waals surface area contributed by atoms with Gasteiger partial charge in [-0.05, 0) is 67.1 Å². The van der Waals surface area contributed by atoms with Gasteiger partial charge < -0.3 is 20.5 Å². The number of amides is 3. The number of esters is 1. The number of unbranched alkanes of at least 4 members (excludes halogenated alkanes) is 1. The zero-order valence-electron chi connectivity index (χ0n) is 20.4. The zero-order chi connectivity index (χ0) is 27.2. The van der Waals surface area contributed by atoms with Crippen molar-refractivity contribution in [1.82, 2.24) is 0 Å². The predicted molar refractivity (Wildman–Crippen MR) is 143 cm³/mol. The molecule has 0 spiro atoms. The summed E-state index contributed by atoms with van der Waals surface area (Å²) in [5.74, 6) is -2.36. The van der Waals surface area contributed by atoms with Crippen LogP contribution in [0.4, 0.5) is 17.1 Å². The lowest BCUT2D eigenvalue weighted by molar-refractivity contribution is -0.120. The van der Waals surface area contributed by atoms with Gasteiger partial charge in [0.2, 0.25) is 0 Å². The molecular weight excluding hydrogens is 510 g/mol. The first-order valence-corrected chi connectivity index (χ1v) is 12.2. The fourth-order valence-corrected chi connectivity index (χ4v) is 3.82. The van der Waals surface area contributed by atoms with Crippen LogP contribution in [0.25, 0.3) is 0 Å². The minimum atomic E-state index is -0.712. The average molecular weight is 534 g/mol. The molecular formula is C28H24ClN3O6. The second-order valence-corrected chi connectivity index (χ2v) is 8.72. The van der Waals surface area contributed by atoms with E-state index in [2.05, 4.69) is 10.6 Å². The number of hydrogen-bond acceptors (Lipinski definition) is 7. The standard InChI is InChI=1S/C28H24ClN3O6/c1-2-3-16-38-28(37)18-10-14-20(15-11-18)32-26(35)23(29)24(27(32)36)30-19-12-8-17(9-13-19)25(34)31-21-6-4-5-7-22(21)33/h4-15,30,33H,2-3,16H2,1H3,(H,31,34). The van der Waals surface area contributed by atoms with E-state index in [-0.39, 0.29) is 27.9 Å². The zero-order valence-corrected chi connectivity index (χ0v) is 21.1. The van der Waals surface area contributed by atoms with Crippen LogP contribution in [-0.2, 0) is 14.3 Å². The first kappa shape index (κ1) is 26.4. The average Bonchev–Trinajstić information content (AvgIpc) is 3.13. The molecule has 10 heteroatoms. The molecule has 1 heterocycles. The first-order valence-electron chi connectivity index (χ1n) is 11.8. The molecule has 0 saturated carbocycles. The largest absolute Gasteiger partial charge is 0.506 e. The van der Waals surface area contributed by atoms with Gasteiger partial charge >= 0.3 is 5.97 Å². The Kier molecular flexibility index (Phi) is 8.08. The maximum Gasteiger partial charge on any atom is 0.338 e. The Balaban J connectivity index is 1.43. The highest BCUT2D eigenvalue weighted by Crippen LogP contribution is 2.30. The van der Waals surface area contributed by atoms with E-state index >= 15 is 0 Å². The number of carbonyl (C=O) groups excluding carboxylic acids is 4. The molecule has 1 aliphatic rings. The minimum absolute atomic E-state index is 0.0590. The first-order chi connectivity index (χ1) is 18.3. The summed E-state index contributed by atoms with van der Waals surface area (Å²) in [6.07, 6.45) is 1.66. The van der Waals surface area contributed by atoms with Crippen LogP contribution in [0.5, 0.6) is 5.75 Å². The summed E-state index contributed by atoms with van der Waals surface area (Å²) in [4.78, 5) is 51.3. The SMILES string of the molecule is CCCCOC(=O)c1ccc(N2C(=O)C(Cl)=C(Nc3ccc(C(=O)Nc4ccccc4O)cc3)C2=O)cc1. The van der Waals surface area contributed by atoms with Crippen LogP contribution in [-0.4, -0.2) is 35.4 Å². The third kappa shape index (κ3) is 5.68. The van der Waals surface area contributed by atoms with Crippen LogP contribution in [0, 0.1) is 0 Å². The molecule has 0 atom stereocenters. The van der Waals surface area contributed by atoms with E-state index in [4.69, 9.17) is 16.3 Å². The number of nitrogens with zero attached hydrogens (tertiary/aromatic N) is 1. The topological polar surface area (TPSA) is 125 Å². The Hall–Kier alpha value is -4.63. The molecule has 0 radical (unpaired) electrons. The Bertz CT molecular complexity index is 1420. The Labute approximate surface area is 223 Å². The number of imide groups is 1. The molecule has 0 aromatic heterocycles. The highest BCUT2D eigenvalue weighted by molar-refractivity contribution is 6.53. The third-order valence-electron chi connectivity index (χ3n) is 5.69. The summed E-state index contributed by atoms with van der Waals surface area (Å²) >= 11 is 6.20. The van der Waals surface area contributed by atoms with Gasteiger partial charge in [-0.15, -0.1) is 0 Å². The molecule has 3 N–H and O–H groups in total. The van der Waals surface area contributed by atoms with Gasteiger partial charge in [-0.3, -0.25) is 14.4 Å². The molecule has 0 saturated heterocycles. The number of para-hydroxylation sites is 2. The predicted octanol–water partition coefficient (Wildman–Crippen LogP) is 5.04. The normalized spacial score (nSPS) is 13.1. The smallest absolute Gasteiger partial charge is 0.338 e. The highest BCUT2D eigenvalue weighted by Gasteiger charge is 2.39. The summed E-state index contributed by atoms with van der Waals surface area (Å²) < 4.78 is 5.17. The molecule has 3 aromatic carbocycles. The number of halogens is 1. The van der Waals surface area contributed by atoms with Gasteiger partial charge in [0.15, 0.2) is 0 Å². The monoisotopic (exact) mass is 533 g/mol. The summed E-state index contributed by atoms with van der Waals surface area (Å²) in [5.41, 5.74) is 1.43. The number of hydrogen-bond donors (Lipinski definition) is 3. The molecule has 0 unspecified atom stereocenters. The van der Waals surface area contributed by atoms with Crippen LogP contribution < -0.4 is 15.5 Å². The van der Waals surface area contributed by atoms with E-state index in [1.165, 1.54) is 42.5 Å². The van der Waals surface area contributed by atoms with E-state index in [1.807, 2.05) is 6.92 Å². The number of anilines is 3. The molecule has 3 aromatic rings. The summed E-state index contributed by atoms with van der Waals surface area (Å²) in [5, 5.41) is 15.0. The van der Waals surface area contributed by atoms with Gasteiger partial charge in [0.1, 0.15) is 16.5 Å². The number of nitrogens with one attached hydrogen (secondary N) is 2. The van der Waals surface area contributed by atoms with Crippen molar-refractivity contribution in [3.05, 3.63) is 94.7 Å². The number of carbonyl (C=O) groups is 4. The number of rotatable bonds is 9. The number of benzene rings is 3. The van der Waals surface area contributed by atoms with Gasteiger partial charge in [-0.25, -0.2) is 9.69 Å². The second kappa shape index (κ2) is 11.6. The quantitative estimate of drug-likeness (QED) is 0.152. The van der Waals surface area contributed by atoms with Gasteiger partial charge in [-0.1, -0.05) is 37.1 Å². The lowest BCUT2D eigenvalue weighted by Crippen LogP contribution is -2.32. The lowest BCUT2D eigenvalue weighted by atomic mass is 10.1. The van der Waals surface area contributed by atoms with Crippen molar-refractivity contribution in [3.8, 4) is 5.75 Å². The van der Waals surface area contributed by atoms with Crippen LogP contribution in [0.1, 0.15) is 40.5 Å². The number of aromatic hydroxyl groups is 1. The fourth-order valence-electron chi connectivity index (χ4n) is 3.61. The number of phenolic OH excluding ortho intramolecular Hbond substituents is 1. The lowest BCUT2D eigenvalue weighted by Gasteiger charge is -2.15. The molecule has 0 aliphatic carbocycles. The number of phenols is 1. The van der Waals surface area contributed by atoms with Gasteiger partial charge in [0, 0.05) is 11.3 Å². The maximum absolute atomic E-state index is 13.1. The van der Waals surface area contributed by atoms with Crippen molar-refractivity contribution in [2.75, 3.05) is 22.1 Å². The Morgan fingerprint density at radius 3 is 2.24 bits per heavy atom. The summed E-state index contributed by atoms with van der Waals surface area (Å²) in [6, 6.07) is 18.4. The minimum Gasteiger partial charge on any atom is -0.506 e. The molecule has 0 bridgehead atoms. The van der Waals surface area contributed by atoms with E-state index in [1.54, 1.807) is 30.3 Å². The number of ether oxygens (including phenoxy) is 1. The second-order valence-electron chi connectivity index (χ2n) is 8.34. The van der Waals surface area contributed by atoms with Crippen LogP contribution in [0.3, 0.4) is 0 Å². The van der Waals surface area contributed by atoms with Crippen molar-refractivity contribution < 1.29 is 29.0 Å². The Morgan fingerprint density at radius 2 is 1.58 bits per heavy atom. The fraction of sp³-hybridized carbons (Fsp3) is 0.143. The Morgan fingerprint density at radius 1 is 0.921 bits per heavy atom. The van der Waals surface area contributed by atoms with Crippen molar-refractivity contribution in [2.45, 2.75) is 19.8 Å². The van der Waals surface area contributed by atoms with Gasteiger partial charge in [-0.2, -0.15) is 0 Å². The van der Waals surface area contributed by atoms with E-state index in [0.29, 0.717) is 23.4 Å². The van der Waals surface area contributed by atoms with Crippen molar-refractivity contribution in [3.63, 3.8) is 0 Å².